The summed E-state index contributed by atoms with van der Waals surface area (Å²) in [5, 5.41) is 11.7. The van der Waals surface area contributed by atoms with Crippen LogP contribution in [0.25, 0.3) is 0 Å². The van der Waals surface area contributed by atoms with Gasteiger partial charge in [-0.05, 0) is 55.9 Å². The highest BCUT2D eigenvalue weighted by Crippen LogP contribution is 2.22. The quantitative estimate of drug-likeness (QED) is 0.531. The van der Waals surface area contributed by atoms with Crippen molar-refractivity contribution in [2.75, 3.05) is 30.3 Å². The maximum atomic E-state index is 12.7. The summed E-state index contributed by atoms with van der Waals surface area (Å²) < 4.78 is 0. The lowest BCUT2D eigenvalue weighted by atomic mass is 9.93. The number of hydrogen-bond donors (Lipinski definition) is 4. The molecule has 1 saturated heterocycles. The maximum absolute atomic E-state index is 12.7. The summed E-state index contributed by atoms with van der Waals surface area (Å²) in [5.41, 5.74) is 1.30. The number of benzene rings is 1. The van der Waals surface area contributed by atoms with Gasteiger partial charge in [-0.2, -0.15) is 0 Å². The van der Waals surface area contributed by atoms with Gasteiger partial charge in [-0.25, -0.2) is 9.59 Å². The fraction of sp³-hybridized carbons (Fsp3) is 0.625. The fourth-order valence-electron chi connectivity index (χ4n) is 4.25. The van der Waals surface area contributed by atoms with E-state index < -0.39 is 0 Å². The van der Waals surface area contributed by atoms with Crippen molar-refractivity contribution >= 4 is 29.3 Å². The van der Waals surface area contributed by atoms with E-state index in [9.17, 15) is 14.4 Å². The van der Waals surface area contributed by atoms with Crippen molar-refractivity contribution in [1.82, 2.24) is 15.5 Å². The molecule has 3 rings (SSSR count). The second-order valence-electron chi connectivity index (χ2n) is 9.37. The number of nitrogens with one attached hydrogen (secondary N) is 4. The molecule has 0 spiro atoms. The summed E-state index contributed by atoms with van der Waals surface area (Å²) in [6, 6.07) is 6.86. The molecule has 176 valence electrons. The van der Waals surface area contributed by atoms with Crippen LogP contribution in [0.2, 0.25) is 0 Å². The third kappa shape index (κ3) is 7.43. The molecule has 1 heterocycles. The van der Waals surface area contributed by atoms with Crippen LogP contribution in [0, 0.1) is 11.8 Å². The molecule has 8 nitrogen and oxygen atoms in total. The molecule has 1 aliphatic carbocycles. The van der Waals surface area contributed by atoms with E-state index in [1.54, 1.807) is 29.2 Å². The van der Waals surface area contributed by atoms with Crippen LogP contribution >= 0.6 is 0 Å². The number of anilines is 2. The summed E-state index contributed by atoms with van der Waals surface area (Å²) in [7, 11) is 0. The fourth-order valence-corrected chi connectivity index (χ4v) is 4.25. The van der Waals surface area contributed by atoms with Crippen molar-refractivity contribution in [2.45, 2.75) is 64.8 Å². The zero-order valence-electron chi connectivity index (χ0n) is 19.3. The van der Waals surface area contributed by atoms with Crippen molar-refractivity contribution in [3.63, 3.8) is 0 Å². The van der Waals surface area contributed by atoms with Crippen LogP contribution in [0.15, 0.2) is 24.3 Å². The second kappa shape index (κ2) is 11.7. The number of nitrogens with zero attached hydrogens (tertiary/aromatic N) is 1. The molecule has 0 aromatic heterocycles. The first-order valence-electron chi connectivity index (χ1n) is 11.9. The number of carbonyl (C=O) groups excluding carboxylic acids is 3. The summed E-state index contributed by atoms with van der Waals surface area (Å²) >= 11 is 0. The first-order valence-corrected chi connectivity index (χ1v) is 11.9. The van der Waals surface area contributed by atoms with Crippen LogP contribution in [0.4, 0.5) is 21.0 Å². The Balaban J connectivity index is 1.46. The summed E-state index contributed by atoms with van der Waals surface area (Å²) in [6.45, 7) is 5.77. The first kappa shape index (κ1) is 23.9. The van der Waals surface area contributed by atoms with Crippen LogP contribution in [0.5, 0.6) is 0 Å². The second-order valence-corrected chi connectivity index (χ2v) is 9.37. The Morgan fingerprint density at radius 3 is 2.25 bits per heavy atom. The van der Waals surface area contributed by atoms with E-state index in [1.165, 1.54) is 19.3 Å². The van der Waals surface area contributed by atoms with E-state index in [1.807, 2.05) is 13.8 Å². The van der Waals surface area contributed by atoms with Crippen molar-refractivity contribution in [3.05, 3.63) is 24.3 Å². The number of piperidine rings is 1. The number of hydrogen-bond acceptors (Lipinski definition) is 3. The molecule has 0 bridgehead atoms. The molecule has 2 fully saturated rings. The normalized spacial score (nSPS) is 19.3. The van der Waals surface area contributed by atoms with E-state index in [2.05, 4.69) is 21.3 Å². The average molecular weight is 444 g/mol. The van der Waals surface area contributed by atoms with Gasteiger partial charge >= 0.3 is 12.1 Å². The molecule has 0 unspecified atom stereocenters. The van der Waals surface area contributed by atoms with Crippen LogP contribution in [-0.4, -0.2) is 48.5 Å². The van der Waals surface area contributed by atoms with Crippen molar-refractivity contribution in [3.8, 4) is 0 Å². The van der Waals surface area contributed by atoms with Crippen molar-refractivity contribution in [1.29, 1.82) is 0 Å². The largest absolute Gasteiger partial charge is 0.353 e. The first-order chi connectivity index (χ1) is 15.4. The van der Waals surface area contributed by atoms with Crippen molar-refractivity contribution < 1.29 is 14.4 Å². The molecular weight excluding hydrogens is 406 g/mol. The molecule has 1 saturated carbocycles. The smallest absolute Gasteiger partial charge is 0.321 e. The minimum absolute atomic E-state index is 0.0839. The minimum atomic E-state index is -0.249. The lowest BCUT2D eigenvalue weighted by Gasteiger charge is -2.33. The number of carbonyl (C=O) groups is 3. The van der Waals surface area contributed by atoms with Gasteiger partial charge in [0.15, 0.2) is 0 Å². The van der Waals surface area contributed by atoms with Crippen LogP contribution in [0.3, 0.4) is 0 Å². The van der Waals surface area contributed by atoms with Gasteiger partial charge in [0.25, 0.3) is 0 Å². The monoisotopic (exact) mass is 443 g/mol. The Hall–Kier alpha value is -2.77. The van der Waals surface area contributed by atoms with Gasteiger partial charge in [0.05, 0.1) is 5.92 Å². The Kier molecular flexibility index (Phi) is 8.76. The van der Waals surface area contributed by atoms with Crippen molar-refractivity contribution in [2.24, 2.45) is 11.8 Å². The lowest BCUT2D eigenvalue weighted by Crippen LogP contribution is -2.48. The van der Waals surface area contributed by atoms with Gasteiger partial charge in [0, 0.05) is 37.1 Å². The third-order valence-corrected chi connectivity index (χ3v) is 6.10. The third-order valence-electron chi connectivity index (χ3n) is 6.10. The molecule has 8 heteroatoms. The predicted octanol–water partition coefficient (Wildman–Crippen LogP) is 4.16. The van der Waals surface area contributed by atoms with E-state index in [0.717, 1.165) is 25.7 Å². The summed E-state index contributed by atoms with van der Waals surface area (Å²) in [4.78, 5) is 39.0. The van der Waals surface area contributed by atoms with Gasteiger partial charge in [0.1, 0.15) is 0 Å². The molecule has 5 amide bonds. The topological polar surface area (TPSA) is 103 Å². The Morgan fingerprint density at radius 2 is 1.59 bits per heavy atom. The summed E-state index contributed by atoms with van der Waals surface area (Å²) in [5.74, 6) is 0.319. The molecule has 0 radical (unpaired) electrons. The molecule has 32 heavy (non-hydrogen) atoms. The number of likely N-dealkylation sites (tertiary alicyclic amines) is 1. The Bertz CT molecular complexity index is 774. The zero-order chi connectivity index (χ0) is 22.9. The van der Waals surface area contributed by atoms with Crippen LogP contribution < -0.4 is 21.3 Å². The van der Waals surface area contributed by atoms with Gasteiger partial charge in [-0.1, -0.05) is 33.1 Å². The Morgan fingerprint density at radius 1 is 0.938 bits per heavy atom. The molecule has 4 N–H and O–H groups in total. The number of rotatable bonds is 6. The van der Waals surface area contributed by atoms with E-state index in [-0.39, 0.29) is 23.9 Å². The highest BCUT2D eigenvalue weighted by atomic mass is 16.2. The predicted molar refractivity (Wildman–Crippen MR) is 127 cm³/mol. The van der Waals surface area contributed by atoms with E-state index in [4.69, 9.17) is 0 Å². The molecule has 1 aliphatic heterocycles. The number of urea groups is 2. The molecule has 2 aliphatic rings. The van der Waals surface area contributed by atoms with Crippen LogP contribution in [0.1, 0.15) is 58.8 Å². The highest BCUT2D eigenvalue weighted by molar-refractivity contribution is 5.92. The van der Waals surface area contributed by atoms with Gasteiger partial charge in [0.2, 0.25) is 5.91 Å². The molecular formula is C24H37N5O3. The highest BCUT2D eigenvalue weighted by Gasteiger charge is 2.29. The Labute approximate surface area is 190 Å². The molecule has 1 aromatic rings. The lowest BCUT2D eigenvalue weighted by molar-refractivity contribution is -0.127. The zero-order valence-corrected chi connectivity index (χ0v) is 19.3. The van der Waals surface area contributed by atoms with Crippen LogP contribution in [-0.2, 0) is 4.79 Å². The standard InChI is InChI=1S/C24H37N5O3/c1-17(2)15-25-23(31)27-20-10-12-21(13-11-20)28-24(32)29-14-6-7-18(16-29)22(30)26-19-8-4-3-5-9-19/h10-13,17-19H,3-9,14-16H2,1-2H3,(H,26,30)(H,28,32)(H2,25,27,31)/t18-/m1/s1. The maximum Gasteiger partial charge on any atom is 0.321 e. The molecule has 1 aromatic carbocycles. The minimum Gasteiger partial charge on any atom is -0.353 e. The SMILES string of the molecule is CC(C)CNC(=O)Nc1ccc(NC(=O)N2CCC[C@@H](C(=O)NC3CCCCC3)C2)cc1. The molecule has 1 atom stereocenters. The van der Waals surface area contributed by atoms with Gasteiger partial charge in [-0.15, -0.1) is 0 Å². The summed E-state index contributed by atoms with van der Waals surface area (Å²) in [6.07, 6.45) is 7.39. The average Bonchev–Trinajstić information content (AvgIpc) is 2.79. The van der Waals surface area contributed by atoms with E-state index in [0.29, 0.717) is 43.0 Å². The number of amides is 5. The van der Waals surface area contributed by atoms with Gasteiger partial charge in [-0.3, -0.25) is 4.79 Å². The van der Waals surface area contributed by atoms with E-state index >= 15 is 0 Å². The van der Waals surface area contributed by atoms with Gasteiger partial charge < -0.3 is 26.2 Å².